The van der Waals surface area contributed by atoms with E-state index in [1.165, 1.54) is 11.3 Å². The van der Waals surface area contributed by atoms with Crippen LogP contribution in [-0.4, -0.2) is 23.9 Å². The smallest absolute Gasteiger partial charge is 0.313 e. The quantitative estimate of drug-likeness (QED) is 0.417. The molecule has 1 atom stereocenters. The molecule has 1 aromatic heterocycles. The average Bonchev–Trinajstić information content (AvgIpc) is 3.19. The van der Waals surface area contributed by atoms with Gasteiger partial charge >= 0.3 is 5.97 Å². The van der Waals surface area contributed by atoms with Crippen LogP contribution in [0.3, 0.4) is 0 Å². The Bertz CT molecular complexity index is 1140. The van der Waals surface area contributed by atoms with Gasteiger partial charge in [0.15, 0.2) is 0 Å². The van der Waals surface area contributed by atoms with Crippen LogP contribution in [-0.2, 0) is 9.53 Å². The van der Waals surface area contributed by atoms with E-state index in [1.807, 2.05) is 6.07 Å². The molecule has 1 unspecified atom stereocenters. The first-order valence-electron chi connectivity index (χ1n) is 10.0. The molecule has 0 aliphatic carbocycles. The van der Waals surface area contributed by atoms with Gasteiger partial charge in [-0.25, -0.2) is 0 Å². The SMILES string of the molecule is CC(C)OC(=O)C(C)c1cccc(NC(=O)c2cccc(NC(=O)c3ccc(Cl)s3)c2)c1. The third-order valence-corrected chi connectivity index (χ3v) is 5.76. The van der Waals surface area contributed by atoms with Crippen molar-refractivity contribution in [3.8, 4) is 0 Å². The third-order valence-electron chi connectivity index (χ3n) is 4.53. The van der Waals surface area contributed by atoms with Gasteiger partial charge in [0, 0.05) is 16.9 Å². The lowest BCUT2D eigenvalue weighted by Gasteiger charge is -2.15. The number of hydrogen-bond donors (Lipinski definition) is 2. The highest BCUT2D eigenvalue weighted by Crippen LogP contribution is 2.24. The fourth-order valence-electron chi connectivity index (χ4n) is 2.93. The van der Waals surface area contributed by atoms with Crippen LogP contribution >= 0.6 is 22.9 Å². The maximum atomic E-state index is 12.8. The Labute approximate surface area is 195 Å². The number of halogens is 1. The summed E-state index contributed by atoms with van der Waals surface area (Å²) >= 11 is 7.06. The molecule has 0 bridgehead atoms. The molecular formula is C24H23ClN2O4S. The number of rotatable bonds is 7. The van der Waals surface area contributed by atoms with Gasteiger partial charge in [0.1, 0.15) is 0 Å². The van der Waals surface area contributed by atoms with Crippen molar-refractivity contribution in [2.75, 3.05) is 10.6 Å². The number of amides is 2. The minimum Gasteiger partial charge on any atom is -0.463 e. The zero-order valence-corrected chi connectivity index (χ0v) is 19.4. The lowest BCUT2D eigenvalue weighted by molar-refractivity contribution is -0.148. The summed E-state index contributed by atoms with van der Waals surface area (Å²) in [5.41, 5.74) is 2.17. The van der Waals surface area contributed by atoms with Crippen LogP contribution in [0, 0.1) is 0 Å². The molecule has 32 heavy (non-hydrogen) atoms. The van der Waals surface area contributed by atoms with E-state index >= 15 is 0 Å². The number of benzene rings is 2. The summed E-state index contributed by atoms with van der Waals surface area (Å²) in [6.07, 6.45) is -0.197. The first-order valence-corrected chi connectivity index (χ1v) is 11.2. The second-order valence-electron chi connectivity index (χ2n) is 7.43. The van der Waals surface area contributed by atoms with Crippen molar-refractivity contribution in [3.05, 3.63) is 81.0 Å². The van der Waals surface area contributed by atoms with Gasteiger partial charge in [-0.3, -0.25) is 14.4 Å². The summed E-state index contributed by atoms with van der Waals surface area (Å²) in [6, 6.07) is 17.0. The highest BCUT2D eigenvalue weighted by Gasteiger charge is 2.19. The van der Waals surface area contributed by atoms with E-state index in [2.05, 4.69) is 10.6 Å². The molecule has 0 radical (unpaired) electrons. The van der Waals surface area contributed by atoms with Crippen molar-refractivity contribution in [2.24, 2.45) is 0 Å². The van der Waals surface area contributed by atoms with Gasteiger partial charge in [-0.05, 0) is 68.8 Å². The van der Waals surface area contributed by atoms with E-state index in [0.29, 0.717) is 26.2 Å². The Hall–Kier alpha value is -3.16. The van der Waals surface area contributed by atoms with Gasteiger partial charge in [-0.1, -0.05) is 29.8 Å². The zero-order valence-electron chi connectivity index (χ0n) is 17.8. The maximum Gasteiger partial charge on any atom is 0.313 e. The lowest BCUT2D eigenvalue weighted by Crippen LogP contribution is -2.18. The summed E-state index contributed by atoms with van der Waals surface area (Å²) in [7, 11) is 0. The fraction of sp³-hybridized carbons (Fsp3) is 0.208. The molecule has 0 aliphatic rings. The van der Waals surface area contributed by atoms with Crippen molar-refractivity contribution >= 4 is 52.1 Å². The molecule has 0 spiro atoms. The van der Waals surface area contributed by atoms with Gasteiger partial charge in [0.05, 0.1) is 21.2 Å². The Morgan fingerprint density at radius 3 is 2.19 bits per heavy atom. The molecule has 1 heterocycles. The predicted molar refractivity (Wildman–Crippen MR) is 128 cm³/mol. The zero-order chi connectivity index (χ0) is 23.3. The third kappa shape index (κ3) is 6.18. The first kappa shape index (κ1) is 23.5. The molecule has 0 saturated carbocycles. The van der Waals surface area contributed by atoms with Gasteiger partial charge < -0.3 is 15.4 Å². The Morgan fingerprint density at radius 2 is 1.53 bits per heavy atom. The topological polar surface area (TPSA) is 84.5 Å². The summed E-state index contributed by atoms with van der Waals surface area (Å²) in [5.74, 6) is -1.42. The molecule has 0 fully saturated rings. The number of hydrogen-bond acceptors (Lipinski definition) is 5. The monoisotopic (exact) mass is 470 g/mol. The number of carbonyl (C=O) groups is 3. The van der Waals surface area contributed by atoms with Crippen LogP contribution < -0.4 is 10.6 Å². The van der Waals surface area contributed by atoms with Crippen LogP contribution in [0.5, 0.6) is 0 Å². The van der Waals surface area contributed by atoms with E-state index in [4.69, 9.17) is 16.3 Å². The summed E-state index contributed by atoms with van der Waals surface area (Å²) in [5, 5.41) is 5.59. The van der Waals surface area contributed by atoms with Crippen molar-refractivity contribution in [3.63, 3.8) is 0 Å². The largest absolute Gasteiger partial charge is 0.463 e. The van der Waals surface area contributed by atoms with Crippen LogP contribution in [0.25, 0.3) is 0 Å². The van der Waals surface area contributed by atoms with Gasteiger partial charge in [-0.2, -0.15) is 0 Å². The number of esters is 1. The van der Waals surface area contributed by atoms with Gasteiger partial charge in [-0.15, -0.1) is 11.3 Å². The molecule has 2 N–H and O–H groups in total. The molecule has 0 aliphatic heterocycles. The second-order valence-corrected chi connectivity index (χ2v) is 9.14. The first-order chi connectivity index (χ1) is 15.2. The predicted octanol–water partition coefficient (Wildman–Crippen LogP) is 5.96. The number of thiophene rings is 1. The van der Waals surface area contributed by atoms with Crippen LogP contribution in [0.2, 0.25) is 4.34 Å². The summed E-state index contributed by atoms with van der Waals surface area (Å²) in [6.45, 7) is 5.36. The maximum absolute atomic E-state index is 12.8. The Balaban J connectivity index is 1.69. The molecule has 6 nitrogen and oxygen atoms in total. The molecule has 8 heteroatoms. The van der Waals surface area contributed by atoms with Crippen LogP contribution in [0.1, 0.15) is 52.3 Å². The lowest BCUT2D eigenvalue weighted by atomic mass is 10.0. The summed E-state index contributed by atoms with van der Waals surface area (Å²) < 4.78 is 5.79. The summed E-state index contributed by atoms with van der Waals surface area (Å²) in [4.78, 5) is 37.7. The molecule has 3 rings (SSSR count). The number of carbonyl (C=O) groups excluding carboxylic acids is 3. The van der Waals surface area contributed by atoms with Gasteiger partial charge in [0.2, 0.25) is 0 Å². The van der Waals surface area contributed by atoms with E-state index in [-0.39, 0.29) is 23.9 Å². The standard InChI is InChI=1S/C24H23ClN2O4S/c1-14(2)31-24(30)15(3)16-6-4-8-18(12-16)26-22(28)17-7-5-9-19(13-17)27-23(29)20-10-11-21(25)32-20/h4-15H,1-3H3,(H,26,28)(H,27,29). The molecule has 2 aromatic carbocycles. The van der Waals surface area contributed by atoms with Crippen molar-refractivity contribution in [2.45, 2.75) is 32.8 Å². The molecule has 2 amide bonds. The van der Waals surface area contributed by atoms with E-state index < -0.39 is 5.92 Å². The Kier molecular flexibility index (Phi) is 7.66. The van der Waals surface area contributed by atoms with Crippen molar-refractivity contribution in [1.29, 1.82) is 0 Å². The number of nitrogens with one attached hydrogen (secondary N) is 2. The number of ether oxygens (including phenoxy) is 1. The van der Waals surface area contributed by atoms with Gasteiger partial charge in [0.25, 0.3) is 11.8 Å². The minimum absolute atomic E-state index is 0.197. The second kappa shape index (κ2) is 10.4. The molecular weight excluding hydrogens is 448 g/mol. The van der Waals surface area contributed by atoms with Crippen molar-refractivity contribution < 1.29 is 19.1 Å². The molecule has 166 valence electrons. The van der Waals surface area contributed by atoms with Crippen LogP contribution in [0.4, 0.5) is 11.4 Å². The molecule has 3 aromatic rings. The van der Waals surface area contributed by atoms with E-state index in [0.717, 1.165) is 5.56 Å². The average molecular weight is 471 g/mol. The van der Waals surface area contributed by atoms with Crippen LogP contribution in [0.15, 0.2) is 60.7 Å². The fourth-order valence-corrected chi connectivity index (χ4v) is 3.87. The molecule has 0 saturated heterocycles. The number of anilines is 2. The normalized spacial score (nSPS) is 11.7. The van der Waals surface area contributed by atoms with E-state index in [9.17, 15) is 14.4 Å². The highest BCUT2D eigenvalue weighted by molar-refractivity contribution is 7.18. The Morgan fingerprint density at radius 1 is 0.875 bits per heavy atom. The van der Waals surface area contributed by atoms with Crippen molar-refractivity contribution in [1.82, 2.24) is 0 Å². The highest BCUT2D eigenvalue weighted by atomic mass is 35.5. The van der Waals surface area contributed by atoms with E-state index in [1.54, 1.807) is 75.4 Å². The minimum atomic E-state index is -0.460.